The third-order valence-electron chi connectivity index (χ3n) is 4.48. The van der Waals surface area contributed by atoms with E-state index in [0.717, 1.165) is 0 Å². The van der Waals surface area contributed by atoms with Gasteiger partial charge in [-0.2, -0.15) is 0 Å². The van der Waals surface area contributed by atoms with Crippen LogP contribution >= 0.6 is 23.2 Å². The molecule has 6 nitrogen and oxygen atoms in total. The first-order valence-electron chi connectivity index (χ1n) is 8.42. The standard InChI is InChI=1S/C18H19Cl2N3O3/c1-10-6-16(23-26-10)22-18(25)12-4-2-11(3-5-12)17(24)21-15-8-13(19)7-14(20)9-15/h6-9,11-12H,2-5H2,1H3,(H,21,24)(H,22,23,25). The molecule has 1 fully saturated rings. The summed E-state index contributed by atoms with van der Waals surface area (Å²) in [6.45, 7) is 1.76. The molecule has 1 aromatic carbocycles. The van der Waals surface area contributed by atoms with Crippen LogP contribution in [0.5, 0.6) is 0 Å². The van der Waals surface area contributed by atoms with Crippen LogP contribution in [0.1, 0.15) is 31.4 Å². The van der Waals surface area contributed by atoms with Crippen LogP contribution in [-0.4, -0.2) is 17.0 Å². The molecule has 1 heterocycles. The summed E-state index contributed by atoms with van der Waals surface area (Å²) in [5.74, 6) is 0.642. The Morgan fingerprint density at radius 2 is 1.50 bits per heavy atom. The van der Waals surface area contributed by atoms with Gasteiger partial charge in [-0.25, -0.2) is 0 Å². The molecule has 0 unspecified atom stereocenters. The van der Waals surface area contributed by atoms with Crippen molar-refractivity contribution in [3.05, 3.63) is 40.1 Å². The zero-order valence-electron chi connectivity index (χ0n) is 14.2. The zero-order chi connectivity index (χ0) is 18.7. The molecule has 2 N–H and O–H groups in total. The number of hydrogen-bond acceptors (Lipinski definition) is 4. The number of amides is 2. The van der Waals surface area contributed by atoms with Crippen molar-refractivity contribution in [1.29, 1.82) is 0 Å². The molecule has 0 saturated heterocycles. The van der Waals surface area contributed by atoms with E-state index < -0.39 is 0 Å². The second-order valence-corrected chi connectivity index (χ2v) is 7.38. The Kier molecular flexibility index (Phi) is 5.84. The van der Waals surface area contributed by atoms with Gasteiger partial charge in [-0.15, -0.1) is 0 Å². The third kappa shape index (κ3) is 4.77. The Balaban J connectivity index is 1.51. The van der Waals surface area contributed by atoms with Crippen molar-refractivity contribution in [3.8, 4) is 0 Å². The predicted molar refractivity (Wildman–Crippen MR) is 100 cm³/mol. The number of aryl methyl sites for hydroxylation is 1. The normalized spacial score (nSPS) is 19.8. The van der Waals surface area contributed by atoms with Gasteiger partial charge in [0.05, 0.1) is 0 Å². The van der Waals surface area contributed by atoms with Gasteiger partial charge >= 0.3 is 0 Å². The minimum absolute atomic E-state index is 0.0747. The van der Waals surface area contributed by atoms with Crippen molar-refractivity contribution < 1.29 is 14.1 Å². The first kappa shape index (κ1) is 18.7. The van der Waals surface area contributed by atoms with Crippen LogP contribution in [0.4, 0.5) is 11.5 Å². The van der Waals surface area contributed by atoms with E-state index in [1.807, 2.05) is 0 Å². The summed E-state index contributed by atoms with van der Waals surface area (Å²) in [5.41, 5.74) is 0.578. The second kappa shape index (κ2) is 8.10. The Bertz CT molecular complexity index is 794. The monoisotopic (exact) mass is 395 g/mol. The molecule has 2 amide bonds. The van der Waals surface area contributed by atoms with Crippen molar-refractivity contribution >= 4 is 46.5 Å². The second-order valence-electron chi connectivity index (χ2n) is 6.51. The molecule has 26 heavy (non-hydrogen) atoms. The van der Waals surface area contributed by atoms with E-state index in [9.17, 15) is 9.59 Å². The number of carbonyl (C=O) groups excluding carboxylic acids is 2. The number of rotatable bonds is 4. The molecule has 8 heteroatoms. The lowest BCUT2D eigenvalue weighted by molar-refractivity contribution is -0.125. The minimum Gasteiger partial charge on any atom is -0.360 e. The number of halogens is 2. The number of aromatic nitrogens is 1. The highest BCUT2D eigenvalue weighted by atomic mass is 35.5. The average Bonchev–Trinajstić information content (AvgIpc) is 2.99. The van der Waals surface area contributed by atoms with Gasteiger partial charge in [-0.1, -0.05) is 28.4 Å². The van der Waals surface area contributed by atoms with Crippen LogP contribution < -0.4 is 10.6 Å². The Morgan fingerprint density at radius 3 is 2.00 bits per heavy atom. The zero-order valence-corrected chi connectivity index (χ0v) is 15.7. The van der Waals surface area contributed by atoms with E-state index in [1.165, 1.54) is 0 Å². The topological polar surface area (TPSA) is 84.2 Å². The van der Waals surface area contributed by atoms with Crippen molar-refractivity contribution in [2.45, 2.75) is 32.6 Å². The van der Waals surface area contributed by atoms with Crippen LogP contribution in [0.2, 0.25) is 10.0 Å². The van der Waals surface area contributed by atoms with E-state index in [1.54, 1.807) is 31.2 Å². The van der Waals surface area contributed by atoms with Gasteiger partial charge in [0.25, 0.3) is 0 Å². The lowest BCUT2D eigenvalue weighted by Gasteiger charge is -2.26. The lowest BCUT2D eigenvalue weighted by atomic mass is 9.81. The Hall–Kier alpha value is -2.05. The van der Waals surface area contributed by atoms with Crippen molar-refractivity contribution in [2.24, 2.45) is 11.8 Å². The summed E-state index contributed by atoms with van der Waals surface area (Å²) >= 11 is 11.9. The molecule has 1 aliphatic rings. The molecule has 0 bridgehead atoms. The van der Waals surface area contributed by atoms with Crippen molar-refractivity contribution in [1.82, 2.24) is 5.16 Å². The summed E-state index contributed by atoms with van der Waals surface area (Å²) in [6.07, 6.45) is 2.60. The number of carbonyl (C=O) groups is 2. The SMILES string of the molecule is Cc1cc(NC(=O)C2CCC(C(=O)Nc3cc(Cl)cc(Cl)c3)CC2)no1. The van der Waals surface area contributed by atoms with Gasteiger partial charge in [0.1, 0.15) is 5.76 Å². The molecule has 0 spiro atoms. The molecular formula is C18H19Cl2N3O3. The van der Waals surface area contributed by atoms with Gasteiger partial charge < -0.3 is 15.2 Å². The van der Waals surface area contributed by atoms with Crippen LogP contribution in [0.25, 0.3) is 0 Å². The maximum absolute atomic E-state index is 12.4. The molecule has 0 aliphatic heterocycles. The molecule has 3 rings (SSSR count). The maximum atomic E-state index is 12.4. The molecule has 1 aromatic heterocycles. The molecule has 1 aliphatic carbocycles. The summed E-state index contributed by atoms with van der Waals surface area (Å²) in [7, 11) is 0. The number of nitrogens with zero attached hydrogens (tertiary/aromatic N) is 1. The highest BCUT2D eigenvalue weighted by Gasteiger charge is 2.30. The average molecular weight is 396 g/mol. The van der Waals surface area contributed by atoms with E-state index in [-0.39, 0.29) is 23.7 Å². The van der Waals surface area contributed by atoms with E-state index in [0.29, 0.717) is 53.0 Å². The smallest absolute Gasteiger partial charge is 0.228 e. The first-order valence-corrected chi connectivity index (χ1v) is 9.17. The number of anilines is 2. The van der Waals surface area contributed by atoms with Gasteiger partial charge in [-0.05, 0) is 50.8 Å². The highest BCUT2D eigenvalue weighted by molar-refractivity contribution is 6.35. The molecule has 2 aromatic rings. The molecule has 1 saturated carbocycles. The molecular weight excluding hydrogens is 377 g/mol. The van der Waals surface area contributed by atoms with Crippen molar-refractivity contribution in [3.63, 3.8) is 0 Å². The third-order valence-corrected chi connectivity index (χ3v) is 4.91. The largest absolute Gasteiger partial charge is 0.360 e. The maximum Gasteiger partial charge on any atom is 0.228 e. The lowest BCUT2D eigenvalue weighted by Crippen LogP contribution is -2.32. The summed E-state index contributed by atoms with van der Waals surface area (Å²) in [4.78, 5) is 24.7. The van der Waals surface area contributed by atoms with Crippen LogP contribution in [0, 0.1) is 18.8 Å². The van der Waals surface area contributed by atoms with Crippen molar-refractivity contribution in [2.75, 3.05) is 10.6 Å². The predicted octanol–water partition coefficient (Wildman–Crippen LogP) is 4.67. The summed E-state index contributed by atoms with van der Waals surface area (Å²) < 4.78 is 4.94. The van der Waals surface area contributed by atoms with Crippen LogP contribution in [0.15, 0.2) is 28.8 Å². The summed E-state index contributed by atoms with van der Waals surface area (Å²) in [5, 5.41) is 10.3. The van der Waals surface area contributed by atoms with E-state index >= 15 is 0 Å². The number of benzene rings is 1. The van der Waals surface area contributed by atoms with E-state index in [4.69, 9.17) is 27.7 Å². The van der Waals surface area contributed by atoms with E-state index in [2.05, 4.69) is 15.8 Å². The molecule has 0 atom stereocenters. The fourth-order valence-corrected chi connectivity index (χ4v) is 3.67. The van der Waals surface area contributed by atoms with Crippen LogP contribution in [0.3, 0.4) is 0 Å². The van der Waals surface area contributed by atoms with Gasteiger partial charge in [-0.3, -0.25) is 9.59 Å². The summed E-state index contributed by atoms with van der Waals surface area (Å²) in [6, 6.07) is 6.60. The fourth-order valence-electron chi connectivity index (χ4n) is 3.14. The van der Waals surface area contributed by atoms with Crippen LogP contribution in [-0.2, 0) is 9.59 Å². The molecule has 0 radical (unpaired) electrons. The Labute approximate surface area is 161 Å². The number of nitrogens with one attached hydrogen (secondary N) is 2. The van der Waals surface area contributed by atoms with Gasteiger partial charge in [0.15, 0.2) is 5.82 Å². The first-order chi connectivity index (χ1) is 12.4. The number of hydrogen-bond donors (Lipinski definition) is 2. The molecule has 138 valence electrons. The quantitative estimate of drug-likeness (QED) is 0.787. The minimum atomic E-state index is -0.133. The fraction of sp³-hybridized carbons (Fsp3) is 0.389. The Morgan fingerprint density at radius 1 is 0.962 bits per heavy atom. The van der Waals surface area contributed by atoms with Gasteiger partial charge in [0.2, 0.25) is 11.8 Å². The van der Waals surface area contributed by atoms with Gasteiger partial charge in [0, 0.05) is 33.6 Å². The highest BCUT2D eigenvalue weighted by Crippen LogP contribution is 2.31.